The summed E-state index contributed by atoms with van der Waals surface area (Å²) in [6.07, 6.45) is 3.26. The predicted octanol–water partition coefficient (Wildman–Crippen LogP) is 3.42. The second kappa shape index (κ2) is 4.85. The lowest BCUT2D eigenvalue weighted by Gasteiger charge is -2.05. The lowest BCUT2D eigenvalue weighted by molar-refractivity contribution is 0.464. The van der Waals surface area contributed by atoms with E-state index in [1.165, 1.54) is 0 Å². The van der Waals surface area contributed by atoms with Gasteiger partial charge in [-0.25, -0.2) is 4.98 Å². The molecule has 2 aromatic heterocycles. The van der Waals surface area contributed by atoms with Crippen molar-refractivity contribution in [3.63, 3.8) is 0 Å². The van der Waals surface area contributed by atoms with Crippen molar-refractivity contribution >= 4 is 33.8 Å². The molecule has 0 atom stereocenters. The van der Waals surface area contributed by atoms with Crippen LogP contribution in [0.2, 0.25) is 0 Å². The first-order valence-electron chi connectivity index (χ1n) is 5.32. The molecule has 0 amide bonds. The van der Waals surface area contributed by atoms with Crippen LogP contribution in [0, 0.1) is 3.57 Å². The Kier molecular flexibility index (Phi) is 3.06. The Morgan fingerprint density at radius 2 is 1.89 bits per heavy atom. The van der Waals surface area contributed by atoms with Crippen LogP contribution in [-0.2, 0) is 0 Å². The van der Waals surface area contributed by atoms with Crippen LogP contribution in [0.3, 0.4) is 0 Å². The molecule has 2 heterocycles. The van der Waals surface area contributed by atoms with Crippen LogP contribution in [0.5, 0.6) is 11.6 Å². The lowest BCUT2D eigenvalue weighted by Crippen LogP contribution is -1.91. The molecule has 0 bridgehead atoms. The van der Waals surface area contributed by atoms with E-state index in [0.717, 1.165) is 14.8 Å². The largest absolute Gasteiger partial charge is 0.439 e. The van der Waals surface area contributed by atoms with Gasteiger partial charge in [0.25, 0.3) is 0 Å². The van der Waals surface area contributed by atoms with Gasteiger partial charge in [0.1, 0.15) is 11.3 Å². The van der Waals surface area contributed by atoms with Gasteiger partial charge in [0.15, 0.2) is 5.65 Å². The minimum absolute atomic E-state index is 0.519. The lowest BCUT2D eigenvalue weighted by atomic mass is 10.3. The van der Waals surface area contributed by atoms with Gasteiger partial charge in [-0.3, -0.25) is 4.98 Å². The van der Waals surface area contributed by atoms with Crippen LogP contribution in [-0.4, -0.2) is 15.0 Å². The van der Waals surface area contributed by atoms with Crippen LogP contribution in [0.4, 0.5) is 0 Å². The third-order valence-corrected chi connectivity index (χ3v) is 3.00. The molecule has 0 unspecified atom stereocenters. The van der Waals surface area contributed by atoms with Crippen molar-refractivity contribution in [3.8, 4) is 11.6 Å². The molecule has 0 aliphatic rings. The minimum Gasteiger partial charge on any atom is -0.439 e. The third-order valence-electron chi connectivity index (χ3n) is 2.32. The molecule has 0 aliphatic heterocycles. The third kappa shape index (κ3) is 2.40. The number of fused-ring (bicyclic) bond motifs is 1. The van der Waals surface area contributed by atoms with Crippen LogP contribution < -0.4 is 4.74 Å². The Morgan fingerprint density at radius 3 is 2.78 bits per heavy atom. The van der Waals surface area contributed by atoms with E-state index in [9.17, 15) is 0 Å². The molecule has 88 valence electrons. The van der Waals surface area contributed by atoms with E-state index in [0.29, 0.717) is 11.5 Å². The standard InChI is InChI=1S/C13H8IN3O/c14-9-2-1-3-10(8-9)18-12-5-4-11-13(17-12)16-7-6-15-11/h1-8H. The summed E-state index contributed by atoms with van der Waals surface area (Å²) in [5, 5.41) is 0. The van der Waals surface area contributed by atoms with E-state index in [1.54, 1.807) is 18.5 Å². The molecule has 0 spiro atoms. The van der Waals surface area contributed by atoms with Gasteiger partial charge >= 0.3 is 0 Å². The fourth-order valence-electron chi connectivity index (χ4n) is 1.55. The average Bonchev–Trinajstić information content (AvgIpc) is 2.39. The molecule has 5 heteroatoms. The Bertz CT molecular complexity index is 702. The molecular weight excluding hydrogens is 341 g/mol. The summed E-state index contributed by atoms with van der Waals surface area (Å²) in [6, 6.07) is 11.4. The predicted molar refractivity (Wildman–Crippen MR) is 76.6 cm³/mol. The smallest absolute Gasteiger partial charge is 0.221 e. The number of hydrogen-bond donors (Lipinski definition) is 0. The van der Waals surface area contributed by atoms with Gasteiger partial charge in [0.05, 0.1) is 0 Å². The molecule has 0 N–H and O–H groups in total. The maximum atomic E-state index is 5.68. The monoisotopic (exact) mass is 349 g/mol. The van der Waals surface area contributed by atoms with Gasteiger partial charge in [0, 0.05) is 22.0 Å². The van der Waals surface area contributed by atoms with Crippen molar-refractivity contribution in [2.45, 2.75) is 0 Å². The van der Waals surface area contributed by atoms with Gasteiger partial charge in [-0.05, 0) is 46.9 Å². The van der Waals surface area contributed by atoms with Gasteiger partial charge in [0.2, 0.25) is 5.88 Å². The Hall–Kier alpha value is -1.76. The van der Waals surface area contributed by atoms with E-state index in [-0.39, 0.29) is 0 Å². The van der Waals surface area contributed by atoms with Crippen molar-refractivity contribution in [1.29, 1.82) is 0 Å². The van der Waals surface area contributed by atoms with E-state index in [2.05, 4.69) is 37.5 Å². The quantitative estimate of drug-likeness (QED) is 0.666. The highest BCUT2D eigenvalue weighted by molar-refractivity contribution is 14.1. The van der Waals surface area contributed by atoms with Gasteiger partial charge in [-0.15, -0.1) is 0 Å². The minimum atomic E-state index is 0.519. The number of pyridine rings is 1. The average molecular weight is 349 g/mol. The summed E-state index contributed by atoms with van der Waals surface area (Å²) in [7, 11) is 0. The first-order chi connectivity index (χ1) is 8.81. The number of rotatable bonds is 2. The zero-order valence-electron chi connectivity index (χ0n) is 9.25. The fourth-order valence-corrected chi connectivity index (χ4v) is 2.06. The summed E-state index contributed by atoms with van der Waals surface area (Å²) >= 11 is 2.24. The summed E-state index contributed by atoms with van der Waals surface area (Å²) in [5.74, 6) is 1.28. The zero-order chi connectivity index (χ0) is 12.4. The molecule has 0 radical (unpaired) electrons. The zero-order valence-corrected chi connectivity index (χ0v) is 11.4. The summed E-state index contributed by atoms with van der Waals surface area (Å²) < 4.78 is 6.80. The van der Waals surface area contributed by atoms with E-state index >= 15 is 0 Å². The van der Waals surface area contributed by atoms with Gasteiger partial charge in [-0.1, -0.05) is 6.07 Å². The van der Waals surface area contributed by atoms with Crippen molar-refractivity contribution < 1.29 is 4.74 Å². The van der Waals surface area contributed by atoms with Gasteiger partial charge in [-0.2, -0.15) is 4.98 Å². The summed E-state index contributed by atoms with van der Waals surface area (Å²) in [4.78, 5) is 12.6. The number of nitrogens with zero attached hydrogens (tertiary/aromatic N) is 3. The highest BCUT2D eigenvalue weighted by atomic mass is 127. The molecule has 4 nitrogen and oxygen atoms in total. The van der Waals surface area contributed by atoms with Crippen LogP contribution in [0.15, 0.2) is 48.8 Å². The number of benzene rings is 1. The van der Waals surface area contributed by atoms with Crippen LogP contribution in [0.25, 0.3) is 11.2 Å². The molecule has 0 aliphatic carbocycles. The number of hydrogen-bond acceptors (Lipinski definition) is 4. The number of ether oxygens (including phenoxy) is 1. The Morgan fingerprint density at radius 1 is 1.00 bits per heavy atom. The van der Waals surface area contributed by atoms with Crippen LogP contribution >= 0.6 is 22.6 Å². The highest BCUT2D eigenvalue weighted by Gasteiger charge is 2.02. The summed E-state index contributed by atoms with van der Waals surface area (Å²) in [6.45, 7) is 0. The second-order valence-electron chi connectivity index (χ2n) is 3.61. The molecule has 18 heavy (non-hydrogen) atoms. The molecule has 3 aromatic rings. The number of halogens is 1. The SMILES string of the molecule is Ic1cccc(Oc2ccc3nccnc3n2)c1. The molecule has 1 aromatic carbocycles. The molecular formula is C13H8IN3O. The Balaban J connectivity index is 1.95. The molecule has 3 rings (SSSR count). The van der Waals surface area contributed by atoms with E-state index in [4.69, 9.17) is 4.74 Å². The summed E-state index contributed by atoms with van der Waals surface area (Å²) in [5.41, 5.74) is 1.34. The van der Waals surface area contributed by atoms with E-state index < -0.39 is 0 Å². The Labute approximate surface area is 117 Å². The normalized spacial score (nSPS) is 10.5. The van der Waals surface area contributed by atoms with Gasteiger partial charge < -0.3 is 4.74 Å². The topological polar surface area (TPSA) is 47.9 Å². The maximum Gasteiger partial charge on any atom is 0.221 e. The highest BCUT2D eigenvalue weighted by Crippen LogP contribution is 2.22. The maximum absolute atomic E-state index is 5.68. The molecule has 0 fully saturated rings. The van der Waals surface area contributed by atoms with Crippen molar-refractivity contribution in [2.24, 2.45) is 0 Å². The molecule has 0 saturated heterocycles. The van der Waals surface area contributed by atoms with Crippen molar-refractivity contribution in [1.82, 2.24) is 15.0 Å². The first kappa shape index (κ1) is 11.3. The van der Waals surface area contributed by atoms with Crippen molar-refractivity contribution in [2.75, 3.05) is 0 Å². The molecule has 0 saturated carbocycles. The van der Waals surface area contributed by atoms with Crippen molar-refractivity contribution in [3.05, 3.63) is 52.4 Å². The second-order valence-corrected chi connectivity index (χ2v) is 4.85. The van der Waals surface area contributed by atoms with Crippen LogP contribution in [0.1, 0.15) is 0 Å². The number of aromatic nitrogens is 3. The fraction of sp³-hybridized carbons (Fsp3) is 0. The first-order valence-corrected chi connectivity index (χ1v) is 6.40. The van der Waals surface area contributed by atoms with E-state index in [1.807, 2.05) is 30.3 Å².